The Bertz CT molecular complexity index is 2900. The molecule has 0 saturated carbocycles. The molecular weight excluding hydrogens is 1480 g/mol. The van der Waals surface area contributed by atoms with E-state index in [1.165, 1.54) is 217 Å². The Morgan fingerprint density at radius 3 is 0.767 bits per heavy atom. The van der Waals surface area contributed by atoms with Gasteiger partial charge in [-0.2, -0.15) is 0 Å². The predicted molar refractivity (Wildman–Crippen MR) is 432 cm³/mol. The lowest BCUT2D eigenvalue weighted by molar-refractivity contribution is 0.616. The summed E-state index contributed by atoms with van der Waals surface area (Å²) >= 11 is 23.7. The molecule has 0 saturated heterocycles. The van der Waals surface area contributed by atoms with E-state index in [0.29, 0.717) is 0 Å². The van der Waals surface area contributed by atoms with Crippen molar-refractivity contribution in [3.8, 4) is 41.8 Å². The normalized spacial score (nSPS) is 14.4. The van der Waals surface area contributed by atoms with Crippen LogP contribution in [0, 0.1) is 0 Å². The molecule has 0 atom stereocenters. The average molecular weight is 1590 g/mol. The average Bonchev–Trinajstić information content (AvgIpc) is 1.53. The second-order valence-corrected chi connectivity index (χ2v) is 68.0. The monoisotopic (exact) mass is 1590 g/mol. The van der Waals surface area contributed by atoms with E-state index in [0.717, 1.165) is 8.95 Å². The zero-order valence-electron chi connectivity index (χ0n) is 56.6. The second-order valence-electron chi connectivity index (χ2n) is 30.3. The summed E-state index contributed by atoms with van der Waals surface area (Å²) in [5.74, 6) is 0. The summed E-state index contributed by atoms with van der Waals surface area (Å²) in [6, 6.07) is 26.9. The van der Waals surface area contributed by atoms with Crippen molar-refractivity contribution in [3.63, 3.8) is 0 Å². The second kappa shape index (κ2) is 32.7. The van der Waals surface area contributed by atoms with Crippen molar-refractivity contribution in [2.24, 2.45) is 0 Å². The molecule has 0 nitrogen and oxygen atoms in total. The highest BCUT2D eigenvalue weighted by Gasteiger charge is 2.52. The van der Waals surface area contributed by atoms with E-state index in [1.807, 2.05) is 43.4 Å². The van der Waals surface area contributed by atoms with Crippen LogP contribution in [-0.4, -0.2) is 48.4 Å². The molecular formula is C72H112Br4S4Si6. The van der Waals surface area contributed by atoms with Gasteiger partial charge in [0.15, 0.2) is 0 Å². The van der Waals surface area contributed by atoms with Crippen LogP contribution in [0.5, 0.6) is 0 Å². The van der Waals surface area contributed by atoms with Gasteiger partial charge in [-0.15, -0.1) is 45.3 Å². The summed E-state index contributed by atoms with van der Waals surface area (Å²) in [5, 5.41) is 7.66. The van der Waals surface area contributed by atoms with Crippen LogP contribution in [0.2, 0.25) is 103 Å². The Morgan fingerprint density at radius 2 is 0.512 bits per heavy atom. The van der Waals surface area contributed by atoms with Gasteiger partial charge in [-0.25, -0.2) is 0 Å². The Kier molecular flexibility index (Phi) is 28.1. The first kappa shape index (κ1) is 73.9. The topological polar surface area (TPSA) is 0 Å². The van der Waals surface area contributed by atoms with Gasteiger partial charge in [0.25, 0.3) is 0 Å². The number of unbranched alkanes of at least 4 members (excludes halogenated alkanes) is 20. The van der Waals surface area contributed by atoms with Crippen molar-refractivity contribution in [2.45, 2.75) is 285 Å². The highest BCUT2D eigenvalue weighted by molar-refractivity contribution is 9.11. The van der Waals surface area contributed by atoms with E-state index >= 15 is 0 Å². The SMILES string of the molecule is CCCCCCCC[Si]1(CCCCCCCC)c2cc3c(cc2-c2sc([Si](C)(C)C)cc21)[Si](CCCCCCCC)(CCCCCCCC)c1cc([Si](C)(C)C)sc1-3.C[Si](C)(C)c1cc(Br)c(-c2cc(Br)c(-c3sc([Si](C)(C)C)cc3Br)cc2Br)s1. The van der Waals surface area contributed by atoms with Crippen LogP contribution in [0.4, 0.5) is 0 Å². The van der Waals surface area contributed by atoms with Crippen molar-refractivity contribution >= 4 is 196 Å². The third kappa shape index (κ3) is 18.1. The molecule has 2 aliphatic rings. The zero-order chi connectivity index (χ0) is 62.8. The Hall–Kier alpha value is 0.461. The number of thiophene rings is 4. The van der Waals surface area contributed by atoms with E-state index in [9.17, 15) is 0 Å². The molecule has 476 valence electrons. The molecule has 2 aliphatic heterocycles. The van der Waals surface area contributed by atoms with E-state index < -0.39 is 48.4 Å². The van der Waals surface area contributed by atoms with Gasteiger partial charge in [0.05, 0.1) is 32.3 Å². The molecule has 0 unspecified atom stereocenters. The van der Waals surface area contributed by atoms with Crippen LogP contribution in [0.15, 0.2) is 66.4 Å². The fraction of sp³-hybridized carbons (Fsp3) is 0.611. The first-order chi connectivity index (χ1) is 40.7. The van der Waals surface area contributed by atoms with E-state index in [2.05, 4.69) is 241 Å². The van der Waals surface area contributed by atoms with Gasteiger partial charge in [-0.05, 0) is 130 Å². The van der Waals surface area contributed by atoms with Crippen LogP contribution in [0.1, 0.15) is 182 Å². The first-order valence-corrected chi connectivity index (χ1v) is 59.5. The number of hydrogen-bond donors (Lipinski definition) is 0. The minimum absolute atomic E-state index is 1.13. The zero-order valence-corrected chi connectivity index (χ0v) is 72.2. The number of rotatable bonds is 34. The standard InChI is InChI=1S/C52H90S2Si4.C20H22Br4S2Si2/c1-11-15-19-23-27-31-35-57(36-32-28-24-20-16-12-2)45-39-44-46(40-43(45)51-47(57)41-49(53-51)55(5,6)7)58(37-33-29-25-21-17-13-3,38-34-30-26-22-18-14-4)48-42-50(54-52(44)48)56(8,9)10;1-27(2,3)17-9-15(23)19(25-17)11-7-14(22)12(8-13(11)21)20-16(24)10-18(26-20)28(4,5)6/h39-42H,11-38H2,1-10H3;7-10H,1-6H3. The quantitative estimate of drug-likeness (QED) is 0.0279. The molecule has 0 bridgehead atoms. The summed E-state index contributed by atoms with van der Waals surface area (Å²) in [5.41, 5.74) is 6.01. The van der Waals surface area contributed by atoms with Crippen molar-refractivity contribution < 1.29 is 0 Å². The number of benzene rings is 2. The summed E-state index contributed by atoms with van der Waals surface area (Å²) < 4.78 is 11.2. The molecule has 0 aliphatic carbocycles. The first-order valence-electron chi connectivity index (χ1n) is 34.3. The Balaban J connectivity index is 0.000000314. The van der Waals surface area contributed by atoms with Crippen LogP contribution in [-0.2, 0) is 0 Å². The molecule has 0 amide bonds. The van der Waals surface area contributed by atoms with Gasteiger partial charge in [0.2, 0.25) is 0 Å². The third-order valence-corrected chi connectivity index (χ3v) is 51.9. The van der Waals surface area contributed by atoms with E-state index in [-0.39, 0.29) is 0 Å². The van der Waals surface area contributed by atoms with Crippen LogP contribution < -0.4 is 38.7 Å². The summed E-state index contributed by atoms with van der Waals surface area (Å²) in [4.78, 5) is 6.15. The molecule has 4 aromatic heterocycles. The Labute approximate surface area is 582 Å². The van der Waals surface area contributed by atoms with Gasteiger partial charge < -0.3 is 0 Å². The smallest absolute Gasteiger partial charge is 0.120 e. The largest absolute Gasteiger partial charge is 0.145 e. The molecule has 6 heterocycles. The van der Waals surface area contributed by atoms with Crippen LogP contribution in [0.3, 0.4) is 0 Å². The summed E-state index contributed by atoms with van der Waals surface area (Å²) in [7, 11) is -9.42. The minimum atomic E-state index is -1.94. The molecule has 86 heavy (non-hydrogen) atoms. The molecule has 0 fully saturated rings. The maximum Gasteiger partial charge on any atom is 0.120 e. The maximum absolute atomic E-state index is 3.85. The molecule has 6 aromatic rings. The lowest BCUT2D eigenvalue weighted by Crippen LogP contribution is -2.57. The van der Waals surface area contributed by atoms with Crippen molar-refractivity contribution in [1.82, 2.24) is 0 Å². The van der Waals surface area contributed by atoms with Gasteiger partial charge in [-0.3, -0.25) is 0 Å². The number of fused-ring (bicyclic) bond motifs is 6. The van der Waals surface area contributed by atoms with Crippen molar-refractivity contribution in [1.29, 1.82) is 0 Å². The molecule has 8 rings (SSSR count). The van der Waals surface area contributed by atoms with Crippen LogP contribution in [0.25, 0.3) is 41.8 Å². The molecule has 0 N–H and O–H groups in total. The van der Waals surface area contributed by atoms with E-state index in [1.54, 1.807) is 29.9 Å². The lowest BCUT2D eigenvalue weighted by atomic mass is 10.1. The fourth-order valence-electron chi connectivity index (χ4n) is 13.6. The van der Waals surface area contributed by atoms with Gasteiger partial charge >= 0.3 is 0 Å². The highest BCUT2D eigenvalue weighted by Crippen LogP contribution is 2.47. The summed E-state index contributed by atoms with van der Waals surface area (Å²) in [6.45, 7) is 39.6. The number of halogens is 4. The lowest BCUT2D eigenvalue weighted by Gasteiger charge is -2.32. The fourth-order valence-corrected chi connectivity index (χ4v) is 41.9. The van der Waals surface area contributed by atoms with Gasteiger partial charge in [0, 0.05) is 48.5 Å². The van der Waals surface area contributed by atoms with Crippen LogP contribution >= 0.6 is 109 Å². The molecule has 14 heteroatoms. The molecule has 0 radical (unpaired) electrons. The third-order valence-electron chi connectivity index (χ3n) is 18.9. The van der Waals surface area contributed by atoms with E-state index in [4.69, 9.17) is 0 Å². The van der Waals surface area contributed by atoms with Gasteiger partial charge in [0.1, 0.15) is 16.1 Å². The molecule has 2 aromatic carbocycles. The van der Waals surface area contributed by atoms with Crippen molar-refractivity contribution in [2.75, 3.05) is 0 Å². The van der Waals surface area contributed by atoms with Gasteiger partial charge in [-0.1, -0.05) is 316 Å². The molecule has 0 spiro atoms. The highest BCUT2D eigenvalue weighted by atomic mass is 79.9. The maximum atomic E-state index is 3.85. The Morgan fingerprint density at radius 1 is 0.267 bits per heavy atom. The summed E-state index contributed by atoms with van der Waals surface area (Å²) in [6.07, 6.45) is 34.0. The number of hydrogen-bond acceptors (Lipinski definition) is 4. The van der Waals surface area contributed by atoms with Crippen molar-refractivity contribution in [3.05, 3.63) is 66.4 Å². The minimum Gasteiger partial charge on any atom is -0.145 e. The predicted octanol–water partition coefficient (Wildman–Crippen LogP) is 24.7.